The molecular weight excluding hydrogens is 350 g/mol. The fraction of sp³-hybridized carbons (Fsp3) is 0.118. The number of aryl methyl sites for hydroxylation is 1. The van der Waals surface area contributed by atoms with Crippen LogP contribution < -0.4 is 4.74 Å². The van der Waals surface area contributed by atoms with Crippen molar-refractivity contribution in [2.24, 2.45) is 0 Å². The van der Waals surface area contributed by atoms with Crippen LogP contribution in [0, 0.1) is 6.92 Å². The molecule has 0 unspecified atom stereocenters. The van der Waals surface area contributed by atoms with Crippen LogP contribution in [0.25, 0.3) is 10.9 Å². The molecule has 0 aliphatic carbocycles. The number of nitrogens with zero attached hydrogens (tertiary/aromatic N) is 1. The van der Waals surface area contributed by atoms with Gasteiger partial charge in [-0.15, -0.1) is 11.6 Å². The van der Waals surface area contributed by atoms with E-state index in [-0.39, 0.29) is 0 Å². The Morgan fingerprint density at radius 3 is 2.76 bits per heavy atom. The maximum Gasteiger partial charge on any atom is 0.224 e. The third-order valence-electron chi connectivity index (χ3n) is 3.26. The molecule has 0 N–H and O–H groups in total. The molecule has 0 fully saturated rings. The summed E-state index contributed by atoms with van der Waals surface area (Å²) in [6.45, 7) is 2.00. The lowest BCUT2D eigenvalue weighted by molar-refractivity contribution is 0.457. The summed E-state index contributed by atoms with van der Waals surface area (Å²) in [5.41, 5.74) is 2.83. The molecule has 0 aliphatic heterocycles. The fourth-order valence-corrected chi connectivity index (χ4v) is 2.65. The molecule has 3 aromatic rings. The summed E-state index contributed by atoms with van der Waals surface area (Å²) in [7, 11) is 0. The van der Waals surface area contributed by atoms with Crippen molar-refractivity contribution >= 4 is 38.4 Å². The molecule has 106 valence electrons. The monoisotopic (exact) mass is 361 g/mol. The molecule has 0 spiro atoms. The maximum atomic E-state index is 6.04. The first kappa shape index (κ1) is 14.4. The molecule has 0 radical (unpaired) electrons. The minimum absolute atomic E-state index is 0.361. The van der Waals surface area contributed by atoms with Crippen molar-refractivity contribution < 1.29 is 4.74 Å². The van der Waals surface area contributed by atoms with Crippen molar-refractivity contribution in [3.05, 3.63) is 64.1 Å². The van der Waals surface area contributed by atoms with Gasteiger partial charge in [-0.3, -0.25) is 0 Å². The molecule has 0 aliphatic rings. The summed E-state index contributed by atoms with van der Waals surface area (Å²) in [5, 5.41) is 1.06. The van der Waals surface area contributed by atoms with Crippen LogP contribution in [0.4, 0.5) is 0 Å². The molecule has 0 bridgehead atoms. The number of para-hydroxylation sites is 1. The van der Waals surface area contributed by atoms with Gasteiger partial charge in [-0.05, 0) is 36.8 Å². The molecule has 2 nitrogen and oxygen atoms in total. The van der Waals surface area contributed by atoms with Crippen LogP contribution >= 0.6 is 27.5 Å². The fourth-order valence-electron chi connectivity index (χ4n) is 2.11. The van der Waals surface area contributed by atoms with E-state index in [1.54, 1.807) is 0 Å². The Balaban J connectivity index is 2.08. The Kier molecular flexibility index (Phi) is 4.13. The molecule has 0 saturated carbocycles. The van der Waals surface area contributed by atoms with Gasteiger partial charge in [-0.2, -0.15) is 0 Å². The maximum absolute atomic E-state index is 6.04. The summed E-state index contributed by atoms with van der Waals surface area (Å²) in [6.07, 6.45) is 0. The van der Waals surface area contributed by atoms with Crippen LogP contribution in [0.15, 0.2) is 53.0 Å². The van der Waals surface area contributed by atoms with E-state index in [1.165, 1.54) is 0 Å². The van der Waals surface area contributed by atoms with Gasteiger partial charge >= 0.3 is 0 Å². The Morgan fingerprint density at radius 2 is 1.95 bits per heavy atom. The molecule has 21 heavy (non-hydrogen) atoms. The Hall–Kier alpha value is -1.58. The number of fused-ring (bicyclic) bond motifs is 1. The Labute approximate surface area is 136 Å². The molecule has 4 heteroatoms. The van der Waals surface area contributed by atoms with Gasteiger partial charge in [-0.1, -0.05) is 40.2 Å². The van der Waals surface area contributed by atoms with Crippen LogP contribution in [0.2, 0.25) is 0 Å². The van der Waals surface area contributed by atoms with Crippen molar-refractivity contribution in [2.75, 3.05) is 0 Å². The molecule has 0 atom stereocenters. The highest BCUT2D eigenvalue weighted by Crippen LogP contribution is 2.31. The van der Waals surface area contributed by atoms with Crippen LogP contribution in [0.3, 0.4) is 0 Å². The summed E-state index contributed by atoms with van der Waals surface area (Å²) in [6, 6.07) is 15.9. The third kappa shape index (κ3) is 3.04. The van der Waals surface area contributed by atoms with E-state index in [0.29, 0.717) is 11.8 Å². The van der Waals surface area contributed by atoms with E-state index in [1.807, 2.05) is 55.5 Å². The quantitative estimate of drug-likeness (QED) is 0.546. The van der Waals surface area contributed by atoms with Crippen molar-refractivity contribution in [1.29, 1.82) is 0 Å². The van der Waals surface area contributed by atoms with E-state index in [9.17, 15) is 0 Å². The zero-order chi connectivity index (χ0) is 14.8. The third-order valence-corrected chi connectivity index (χ3v) is 4.05. The standard InChI is InChI=1S/C17H13BrClNO/c1-11-6-7-14(18)9-16(11)21-17-13(10-19)8-12-4-2-3-5-15(12)20-17/h2-9H,10H2,1H3. The molecule has 1 heterocycles. The smallest absolute Gasteiger partial charge is 0.224 e. The van der Waals surface area contributed by atoms with Gasteiger partial charge < -0.3 is 4.74 Å². The second-order valence-corrected chi connectivity index (χ2v) is 5.97. The minimum atomic E-state index is 0.361. The van der Waals surface area contributed by atoms with E-state index >= 15 is 0 Å². The first-order chi connectivity index (χ1) is 10.2. The Bertz CT molecular complexity index is 804. The van der Waals surface area contributed by atoms with E-state index in [0.717, 1.165) is 32.3 Å². The number of halogens is 2. The van der Waals surface area contributed by atoms with Crippen molar-refractivity contribution in [3.8, 4) is 11.6 Å². The van der Waals surface area contributed by atoms with Crippen molar-refractivity contribution in [1.82, 2.24) is 4.98 Å². The zero-order valence-corrected chi connectivity index (χ0v) is 13.8. The van der Waals surface area contributed by atoms with Gasteiger partial charge in [0.15, 0.2) is 0 Å². The number of pyridine rings is 1. The van der Waals surface area contributed by atoms with Crippen LogP contribution in [0.1, 0.15) is 11.1 Å². The average molecular weight is 363 g/mol. The second-order valence-electron chi connectivity index (χ2n) is 4.79. The average Bonchev–Trinajstić information content (AvgIpc) is 2.50. The minimum Gasteiger partial charge on any atom is -0.438 e. The molecule has 2 aromatic carbocycles. The van der Waals surface area contributed by atoms with Gasteiger partial charge in [0.2, 0.25) is 5.88 Å². The van der Waals surface area contributed by atoms with Gasteiger partial charge in [0.25, 0.3) is 0 Å². The lowest BCUT2D eigenvalue weighted by atomic mass is 10.1. The lowest BCUT2D eigenvalue weighted by Gasteiger charge is -2.12. The summed E-state index contributed by atoms with van der Waals surface area (Å²) in [4.78, 5) is 4.59. The van der Waals surface area contributed by atoms with Crippen molar-refractivity contribution in [3.63, 3.8) is 0 Å². The first-order valence-electron chi connectivity index (χ1n) is 6.56. The highest BCUT2D eigenvalue weighted by molar-refractivity contribution is 9.10. The normalized spacial score (nSPS) is 10.8. The molecular formula is C17H13BrClNO. The largest absolute Gasteiger partial charge is 0.438 e. The van der Waals surface area contributed by atoms with E-state index in [2.05, 4.69) is 20.9 Å². The zero-order valence-electron chi connectivity index (χ0n) is 11.4. The number of benzene rings is 2. The number of aromatic nitrogens is 1. The predicted molar refractivity (Wildman–Crippen MR) is 90.3 cm³/mol. The van der Waals surface area contributed by atoms with Crippen LogP contribution in [0.5, 0.6) is 11.6 Å². The first-order valence-corrected chi connectivity index (χ1v) is 7.89. The summed E-state index contributed by atoms with van der Waals surface area (Å²) in [5.74, 6) is 1.70. The number of hydrogen-bond acceptors (Lipinski definition) is 2. The van der Waals surface area contributed by atoms with E-state index in [4.69, 9.17) is 16.3 Å². The lowest BCUT2D eigenvalue weighted by Crippen LogP contribution is -1.95. The summed E-state index contributed by atoms with van der Waals surface area (Å²) < 4.78 is 6.96. The van der Waals surface area contributed by atoms with Gasteiger partial charge in [0.1, 0.15) is 5.75 Å². The predicted octanol–water partition coefficient (Wildman–Crippen LogP) is 5.84. The van der Waals surface area contributed by atoms with Gasteiger partial charge in [0.05, 0.1) is 11.4 Å². The van der Waals surface area contributed by atoms with Crippen LogP contribution in [-0.4, -0.2) is 4.98 Å². The van der Waals surface area contributed by atoms with Crippen LogP contribution in [-0.2, 0) is 5.88 Å². The van der Waals surface area contributed by atoms with Gasteiger partial charge in [-0.25, -0.2) is 4.98 Å². The van der Waals surface area contributed by atoms with Crippen molar-refractivity contribution in [2.45, 2.75) is 12.8 Å². The SMILES string of the molecule is Cc1ccc(Br)cc1Oc1nc2ccccc2cc1CCl. The summed E-state index contributed by atoms with van der Waals surface area (Å²) >= 11 is 9.50. The second kappa shape index (κ2) is 6.04. The molecule has 1 aromatic heterocycles. The number of rotatable bonds is 3. The Morgan fingerprint density at radius 1 is 1.14 bits per heavy atom. The number of alkyl halides is 1. The van der Waals surface area contributed by atoms with E-state index < -0.39 is 0 Å². The molecule has 0 saturated heterocycles. The molecule has 3 rings (SSSR count). The highest BCUT2D eigenvalue weighted by Gasteiger charge is 2.10. The number of ether oxygens (including phenoxy) is 1. The van der Waals surface area contributed by atoms with Gasteiger partial charge in [0, 0.05) is 15.4 Å². The highest BCUT2D eigenvalue weighted by atomic mass is 79.9. The topological polar surface area (TPSA) is 22.1 Å². The molecule has 0 amide bonds. The number of hydrogen-bond donors (Lipinski definition) is 0.